The molecule has 4 heteroatoms. The van der Waals surface area contributed by atoms with Crippen LogP contribution in [0.5, 0.6) is 0 Å². The third-order valence-corrected chi connectivity index (χ3v) is 4.34. The molecule has 0 atom stereocenters. The summed E-state index contributed by atoms with van der Waals surface area (Å²) in [5.74, 6) is 1.31. The van der Waals surface area contributed by atoms with Crippen molar-refractivity contribution in [2.24, 2.45) is 0 Å². The fourth-order valence-electron chi connectivity index (χ4n) is 3.05. The average molecular weight is 305 g/mol. The SMILES string of the molecule is c1ccc(-c2nnc(CCN3CCc4ccccc4C3)o2)cc1. The molecule has 4 nitrogen and oxygen atoms in total. The Morgan fingerprint density at radius 2 is 1.70 bits per heavy atom. The number of aromatic nitrogens is 2. The molecule has 0 N–H and O–H groups in total. The van der Waals surface area contributed by atoms with Gasteiger partial charge in [-0.05, 0) is 29.7 Å². The van der Waals surface area contributed by atoms with Crippen LogP contribution in [0.4, 0.5) is 0 Å². The van der Waals surface area contributed by atoms with E-state index in [0.717, 1.165) is 38.0 Å². The quantitative estimate of drug-likeness (QED) is 0.741. The minimum absolute atomic E-state index is 0.601. The van der Waals surface area contributed by atoms with Gasteiger partial charge in [0, 0.05) is 31.6 Å². The van der Waals surface area contributed by atoms with E-state index >= 15 is 0 Å². The van der Waals surface area contributed by atoms with E-state index in [9.17, 15) is 0 Å². The number of fused-ring (bicyclic) bond motifs is 1. The van der Waals surface area contributed by atoms with Crippen molar-refractivity contribution in [3.05, 3.63) is 71.6 Å². The van der Waals surface area contributed by atoms with Crippen molar-refractivity contribution in [1.82, 2.24) is 15.1 Å². The molecule has 1 aromatic heterocycles. The van der Waals surface area contributed by atoms with Gasteiger partial charge in [0.15, 0.2) is 0 Å². The molecular weight excluding hydrogens is 286 g/mol. The van der Waals surface area contributed by atoms with Gasteiger partial charge in [0.25, 0.3) is 0 Å². The summed E-state index contributed by atoms with van der Waals surface area (Å²) in [5.41, 5.74) is 3.89. The van der Waals surface area contributed by atoms with Gasteiger partial charge in [0.05, 0.1) is 0 Å². The van der Waals surface area contributed by atoms with Gasteiger partial charge < -0.3 is 4.42 Å². The van der Waals surface area contributed by atoms with Crippen molar-refractivity contribution in [3.63, 3.8) is 0 Å². The number of benzene rings is 2. The minimum atomic E-state index is 0.601. The lowest BCUT2D eigenvalue weighted by atomic mass is 10.00. The van der Waals surface area contributed by atoms with E-state index in [1.54, 1.807) is 0 Å². The predicted octanol–water partition coefficient (Wildman–Crippen LogP) is 3.34. The highest BCUT2D eigenvalue weighted by molar-refractivity contribution is 5.51. The zero-order chi connectivity index (χ0) is 15.5. The third kappa shape index (κ3) is 3.17. The maximum Gasteiger partial charge on any atom is 0.247 e. The molecule has 4 rings (SSSR count). The van der Waals surface area contributed by atoms with Crippen molar-refractivity contribution in [3.8, 4) is 11.5 Å². The van der Waals surface area contributed by atoms with Crippen LogP contribution in [0.25, 0.3) is 11.5 Å². The Balaban J connectivity index is 1.38. The van der Waals surface area contributed by atoms with Gasteiger partial charge in [0.1, 0.15) is 0 Å². The second kappa shape index (κ2) is 6.34. The monoisotopic (exact) mass is 305 g/mol. The molecule has 2 aromatic carbocycles. The molecule has 0 amide bonds. The van der Waals surface area contributed by atoms with E-state index in [4.69, 9.17) is 4.42 Å². The van der Waals surface area contributed by atoms with Crippen molar-refractivity contribution < 1.29 is 4.42 Å². The van der Waals surface area contributed by atoms with Crippen molar-refractivity contribution in [2.45, 2.75) is 19.4 Å². The lowest BCUT2D eigenvalue weighted by Gasteiger charge is -2.28. The van der Waals surface area contributed by atoms with Crippen LogP contribution in [0.1, 0.15) is 17.0 Å². The summed E-state index contributed by atoms with van der Waals surface area (Å²) in [7, 11) is 0. The maximum atomic E-state index is 5.78. The Kier molecular flexibility index (Phi) is 3.90. The van der Waals surface area contributed by atoms with E-state index in [0.29, 0.717) is 11.8 Å². The fourth-order valence-corrected chi connectivity index (χ4v) is 3.05. The lowest BCUT2D eigenvalue weighted by Crippen LogP contribution is -2.32. The van der Waals surface area contributed by atoms with Crippen molar-refractivity contribution >= 4 is 0 Å². The van der Waals surface area contributed by atoms with Crippen LogP contribution < -0.4 is 0 Å². The number of hydrogen-bond acceptors (Lipinski definition) is 4. The Hall–Kier alpha value is -2.46. The Morgan fingerprint density at radius 1 is 0.913 bits per heavy atom. The molecule has 0 bridgehead atoms. The predicted molar refractivity (Wildman–Crippen MR) is 88.9 cm³/mol. The summed E-state index contributed by atoms with van der Waals surface area (Å²) < 4.78 is 5.78. The Labute approximate surface area is 135 Å². The van der Waals surface area contributed by atoms with Crippen LogP contribution in [-0.4, -0.2) is 28.2 Å². The van der Waals surface area contributed by atoms with Gasteiger partial charge in [-0.25, -0.2) is 0 Å². The first-order chi connectivity index (χ1) is 11.4. The number of hydrogen-bond donors (Lipinski definition) is 0. The Bertz CT molecular complexity index is 782. The largest absolute Gasteiger partial charge is 0.421 e. The van der Waals surface area contributed by atoms with Crippen LogP contribution in [-0.2, 0) is 19.4 Å². The first-order valence-corrected chi connectivity index (χ1v) is 8.05. The highest BCUT2D eigenvalue weighted by atomic mass is 16.4. The third-order valence-electron chi connectivity index (χ3n) is 4.34. The summed E-state index contributed by atoms with van der Waals surface area (Å²) in [6.45, 7) is 3.05. The smallest absolute Gasteiger partial charge is 0.247 e. The van der Waals surface area contributed by atoms with E-state index in [2.05, 4.69) is 39.4 Å². The van der Waals surface area contributed by atoms with Gasteiger partial charge >= 0.3 is 0 Å². The molecule has 0 aliphatic carbocycles. The van der Waals surface area contributed by atoms with Crippen molar-refractivity contribution in [1.29, 1.82) is 0 Å². The highest BCUT2D eigenvalue weighted by Gasteiger charge is 2.16. The zero-order valence-corrected chi connectivity index (χ0v) is 13.0. The standard InChI is InChI=1S/C19H19N3O/c1-2-7-16(8-3-1)19-21-20-18(23-19)11-13-22-12-10-15-6-4-5-9-17(15)14-22/h1-9H,10-14H2. The lowest BCUT2D eigenvalue weighted by molar-refractivity contribution is 0.250. The topological polar surface area (TPSA) is 42.2 Å². The van der Waals surface area contributed by atoms with Crippen LogP contribution in [0.2, 0.25) is 0 Å². The van der Waals surface area contributed by atoms with Crippen LogP contribution in [0.3, 0.4) is 0 Å². The van der Waals surface area contributed by atoms with Gasteiger partial charge in [0.2, 0.25) is 11.8 Å². The van der Waals surface area contributed by atoms with Gasteiger partial charge in [-0.1, -0.05) is 42.5 Å². The molecule has 0 spiro atoms. The van der Waals surface area contributed by atoms with Gasteiger partial charge in [-0.3, -0.25) is 4.90 Å². The van der Waals surface area contributed by atoms with E-state index in [1.807, 2.05) is 30.3 Å². The molecule has 116 valence electrons. The molecule has 1 aliphatic heterocycles. The van der Waals surface area contributed by atoms with E-state index in [1.165, 1.54) is 11.1 Å². The fraction of sp³-hybridized carbons (Fsp3) is 0.263. The molecule has 0 saturated heterocycles. The molecule has 2 heterocycles. The molecular formula is C19H19N3O. The molecule has 3 aromatic rings. The summed E-state index contributed by atoms with van der Waals surface area (Å²) in [6, 6.07) is 18.6. The first-order valence-electron chi connectivity index (χ1n) is 8.05. The molecule has 0 saturated carbocycles. The first kappa shape index (κ1) is 14.2. The normalized spacial score (nSPS) is 14.6. The summed E-state index contributed by atoms with van der Waals surface area (Å²) >= 11 is 0. The maximum absolute atomic E-state index is 5.78. The van der Waals surface area contributed by atoms with Crippen LogP contribution in [0, 0.1) is 0 Å². The van der Waals surface area contributed by atoms with Crippen LogP contribution >= 0.6 is 0 Å². The molecule has 1 aliphatic rings. The summed E-state index contributed by atoms with van der Waals surface area (Å²) in [5, 5.41) is 8.33. The highest BCUT2D eigenvalue weighted by Crippen LogP contribution is 2.20. The second-order valence-electron chi connectivity index (χ2n) is 5.91. The number of nitrogens with zero attached hydrogens (tertiary/aromatic N) is 3. The zero-order valence-electron chi connectivity index (χ0n) is 13.0. The summed E-state index contributed by atoms with van der Waals surface area (Å²) in [6.07, 6.45) is 1.91. The van der Waals surface area contributed by atoms with E-state index in [-0.39, 0.29) is 0 Å². The van der Waals surface area contributed by atoms with Crippen molar-refractivity contribution in [2.75, 3.05) is 13.1 Å². The molecule has 0 fully saturated rings. The number of rotatable bonds is 4. The van der Waals surface area contributed by atoms with Gasteiger partial charge in [-0.15, -0.1) is 10.2 Å². The second-order valence-corrected chi connectivity index (χ2v) is 5.91. The van der Waals surface area contributed by atoms with E-state index < -0.39 is 0 Å². The molecule has 0 radical (unpaired) electrons. The van der Waals surface area contributed by atoms with Crippen LogP contribution in [0.15, 0.2) is 59.0 Å². The summed E-state index contributed by atoms with van der Waals surface area (Å²) in [4.78, 5) is 2.45. The Morgan fingerprint density at radius 3 is 2.57 bits per heavy atom. The molecule has 0 unspecified atom stereocenters. The molecule has 23 heavy (non-hydrogen) atoms. The minimum Gasteiger partial charge on any atom is -0.421 e. The van der Waals surface area contributed by atoms with Gasteiger partial charge in [-0.2, -0.15) is 0 Å². The average Bonchev–Trinajstić information content (AvgIpc) is 3.10.